The number of piperidine rings is 1. The van der Waals surface area contributed by atoms with Crippen molar-refractivity contribution in [3.8, 4) is 0 Å². The van der Waals surface area contributed by atoms with E-state index in [0.717, 1.165) is 19.5 Å². The molecule has 1 saturated heterocycles. The van der Waals surface area contributed by atoms with Crippen LogP contribution in [0.4, 0.5) is 0 Å². The van der Waals surface area contributed by atoms with Gasteiger partial charge in [0.25, 0.3) is 0 Å². The summed E-state index contributed by atoms with van der Waals surface area (Å²) in [7, 11) is 0. The van der Waals surface area contributed by atoms with Gasteiger partial charge in [-0.1, -0.05) is 19.8 Å². The van der Waals surface area contributed by atoms with Gasteiger partial charge in [0.1, 0.15) is 0 Å². The van der Waals surface area contributed by atoms with Crippen molar-refractivity contribution in [2.24, 2.45) is 11.8 Å². The molecule has 2 fully saturated rings. The lowest BCUT2D eigenvalue weighted by Crippen LogP contribution is -2.39. The Kier molecular flexibility index (Phi) is 3.66. The lowest BCUT2D eigenvalue weighted by atomic mass is 9.98. The van der Waals surface area contributed by atoms with Gasteiger partial charge in [0, 0.05) is 19.5 Å². The van der Waals surface area contributed by atoms with Crippen LogP contribution in [-0.2, 0) is 4.79 Å². The maximum atomic E-state index is 12.0. The zero-order valence-electron chi connectivity index (χ0n) is 9.87. The van der Waals surface area contributed by atoms with E-state index in [1.165, 1.54) is 38.5 Å². The van der Waals surface area contributed by atoms with E-state index in [1.807, 2.05) is 0 Å². The molecular weight excluding hydrogens is 186 g/mol. The zero-order chi connectivity index (χ0) is 10.7. The molecule has 0 N–H and O–H groups in total. The highest BCUT2D eigenvalue weighted by atomic mass is 16.2. The molecule has 2 heteroatoms. The fraction of sp³-hybridized carbons (Fsp3) is 0.923. The van der Waals surface area contributed by atoms with Crippen LogP contribution in [0.2, 0.25) is 0 Å². The van der Waals surface area contributed by atoms with E-state index in [2.05, 4.69) is 11.8 Å². The molecule has 1 saturated carbocycles. The van der Waals surface area contributed by atoms with E-state index in [0.29, 0.717) is 17.7 Å². The average Bonchev–Trinajstić information content (AvgIpc) is 2.70. The Hall–Kier alpha value is -0.530. The van der Waals surface area contributed by atoms with Crippen molar-refractivity contribution in [1.82, 2.24) is 4.90 Å². The minimum Gasteiger partial charge on any atom is -0.342 e. The van der Waals surface area contributed by atoms with Gasteiger partial charge in [-0.2, -0.15) is 0 Å². The Morgan fingerprint density at radius 2 is 1.93 bits per heavy atom. The Morgan fingerprint density at radius 1 is 1.20 bits per heavy atom. The van der Waals surface area contributed by atoms with Crippen LogP contribution < -0.4 is 0 Å². The van der Waals surface area contributed by atoms with Crippen molar-refractivity contribution in [3.05, 3.63) is 0 Å². The second kappa shape index (κ2) is 5.00. The van der Waals surface area contributed by atoms with Crippen molar-refractivity contribution in [2.75, 3.05) is 13.1 Å². The zero-order valence-corrected chi connectivity index (χ0v) is 9.87. The van der Waals surface area contributed by atoms with E-state index in [9.17, 15) is 4.79 Å². The molecule has 0 aromatic carbocycles. The number of amides is 1. The normalized spacial score (nSPS) is 28.3. The molecule has 0 spiro atoms. The van der Waals surface area contributed by atoms with E-state index >= 15 is 0 Å². The van der Waals surface area contributed by atoms with Gasteiger partial charge in [0.2, 0.25) is 5.91 Å². The Bertz CT molecular complexity index is 221. The standard InChI is InChI=1S/C13H23NO/c1-11-5-4-8-14(10-11)13(15)9-12-6-2-3-7-12/h11-12H,2-10H2,1H3/t11-/m0/s1. The number of hydrogen-bond donors (Lipinski definition) is 0. The second-order valence-corrected chi connectivity index (χ2v) is 5.44. The molecule has 86 valence electrons. The van der Waals surface area contributed by atoms with E-state index in [4.69, 9.17) is 0 Å². The minimum atomic E-state index is 0.424. The molecule has 1 aliphatic heterocycles. The SMILES string of the molecule is C[C@H]1CCCN(C(=O)CC2CCCC2)C1. The molecule has 2 rings (SSSR count). The summed E-state index contributed by atoms with van der Waals surface area (Å²) in [5, 5.41) is 0. The van der Waals surface area contributed by atoms with Gasteiger partial charge in [-0.3, -0.25) is 4.79 Å². The van der Waals surface area contributed by atoms with E-state index in [-0.39, 0.29) is 0 Å². The van der Waals surface area contributed by atoms with Crippen molar-refractivity contribution in [3.63, 3.8) is 0 Å². The van der Waals surface area contributed by atoms with Crippen LogP contribution in [0.15, 0.2) is 0 Å². The Morgan fingerprint density at radius 3 is 2.60 bits per heavy atom. The quantitative estimate of drug-likeness (QED) is 0.685. The van der Waals surface area contributed by atoms with Crippen molar-refractivity contribution < 1.29 is 4.79 Å². The summed E-state index contributed by atoms with van der Waals surface area (Å²) in [6, 6.07) is 0. The third kappa shape index (κ3) is 2.96. The van der Waals surface area contributed by atoms with Crippen LogP contribution in [0.3, 0.4) is 0 Å². The molecule has 0 aromatic rings. The first-order valence-electron chi connectivity index (χ1n) is 6.53. The van der Waals surface area contributed by atoms with Gasteiger partial charge in [-0.05, 0) is 37.5 Å². The van der Waals surface area contributed by atoms with Gasteiger partial charge in [0.05, 0.1) is 0 Å². The molecule has 1 aliphatic carbocycles. The van der Waals surface area contributed by atoms with Crippen molar-refractivity contribution >= 4 is 5.91 Å². The van der Waals surface area contributed by atoms with Gasteiger partial charge in [0.15, 0.2) is 0 Å². The lowest BCUT2D eigenvalue weighted by Gasteiger charge is -2.31. The number of carbonyl (C=O) groups is 1. The van der Waals surface area contributed by atoms with Crippen molar-refractivity contribution in [2.45, 2.75) is 51.9 Å². The van der Waals surface area contributed by atoms with Crippen LogP contribution in [0.1, 0.15) is 51.9 Å². The summed E-state index contributed by atoms with van der Waals surface area (Å²) >= 11 is 0. The third-order valence-corrected chi connectivity index (χ3v) is 3.95. The van der Waals surface area contributed by atoms with E-state index in [1.54, 1.807) is 0 Å². The predicted octanol–water partition coefficient (Wildman–Crippen LogP) is 2.83. The van der Waals surface area contributed by atoms with Crippen LogP contribution in [-0.4, -0.2) is 23.9 Å². The molecule has 0 radical (unpaired) electrons. The largest absolute Gasteiger partial charge is 0.342 e. The van der Waals surface area contributed by atoms with Gasteiger partial charge in [-0.15, -0.1) is 0 Å². The van der Waals surface area contributed by atoms with E-state index < -0.39 is 0 Å². The highest BCUT2D eigenvalue weighted by Crippen LogP contribution is 2.28. The molecule has 1 heterocycles. The van der Waals surface area contributed by atoms with Crippen LogP contribution in [0.25, 0.3) is 0 Å². The Balaban J connectivity index is 1.78. The molecule has 15 heavy (non-hydrogen) atoms. The molecular formula is C13H23NO. The number of hydrogen-bond acceptors (Lipinski definition) is 1. The first-order valence-corrected chi connectivity index (χ1v) is 6.53. The predicted molar refractivity (Wildman–Crippen MR) is 61.6 cm³/mol. The monoisotopic (exact) mass is 209 g/mol. The summed E-state index contributed by atoms with van der Waals surface area (Å²) in [4.78, 5) is 14.1. The van der Waals surface area contributed by atoms with Crippen LogP contribution in [0.5, 0.6) is 0 Å². The summed E-state index contributed by atoms with van der Waals surface area (Å²) in [5.41, 5.74) is 0. The summed E-state index contributed by atoms with van der Waals surface area (Å²) in [6.07, 6.45) is 8.59. The number of nitrogens with zero attached hydrogens (tertiary/aromatic N) is 1. The summed E-state index contributed by atoms with van der Waals surface area (Å²) in [5.74, 6) is 1.84. The van der Waals surface area contributed by atoms with Gasteiger partial charge in [-0.25, -0.2) is 0 Å². The molecule has 0 unspecified atom stereocenters. The summed E-state index contributed by atoms with van der Waals surface area (Å²) < 4.78 is 0. The number of likely N-dealkylation sites (tertiary alicyclic amines) is 1. The maximum absolute atomic E-state index is 12.0. The minimum absolute atomic E-state index is 0.424. The molecule has 0 bridgehead atoms. The molecule has 0 aromatic heterocycles. The highest BCUT2D eigenvalue weighted by molar-refractivity contribution is 5.76. The van der Waals surface area contributed by atoms with Crippen LogP contribution >= 0.6 is 0 Å². The fourth-order valence-corrected chi connectivity index (χ4v) is 3.01. The number of rotatable bonds is 2. The first kappa shape index (κ1) is 11.0. The van der Waals surface area contributed by atoms with Crippen LogP contribution in [0, 0.1) is 11.8 Å². The molecule has 2 aliphatic rings. The lowest BCUT2D eigenvalue weighted by molar-refractivity contribution is -0.133. The molecule has 2 nitrogen and oxygen atoms in total. The summed E-state index contributed by atoms with van der Waals surface area (Å²) in [6.45, 7) is 4.27. The van der Waals surface area contributed by atoms with Gasteiger partial charge < -0.3 is 4.90 Å². The maximum Gasteiger partial charge on any atom is 0.222 e. The van der Waals surface area contributed by atoms with Gasteiger partial charge >= 0.3 is 0 Å². The topological polar surface area (TPSA) is 20.3 Å². The smallest absolute Gasteiger partial charge is 0.222 e. The number of carbonyl (C=O) groups excluding carboxylic acids is 1. The second-order valence-electron chi connectivity index (χ2n) is 5.44. The first-order chi connectivity index (χ1) is 7.25. The third-order valence-electron chi connectivity index (χ3n) is 3.95. The average molecular weight is 209 g/mol. The Labute approximate surface area is 93.0 Å². The van der Waals surface area contributed by atoms with Crippen molar-refractivity contribution in [1.29, 1.82) is 0 Å². The molecule has 1 atom stereocenters. The fourth-order valence-electron chi connectivity index (χ4n) is 3.01. The molecule has 1 amide bonds. The highest BCUT2D eigenvalue weighted by Gasteiger charge is 2.24.